The number of hydrogen-bond acceptors (Lipinski definition) is 3. The van der Waals surface area contributed by atoms with Crippen LogP contribution in [0.4, 0.5) is 78.5 Å². The molecule has 0 rings (SSSR count). The summed E-state index contributed by atoms with van der Waals surface area (Å²) in [5.74, 6) is -34.1. The van der Waals surface area contributed by atoms with Crippen molar-refractivity contribution in [3.8, 4) is 0 Å². The first-order valence-corrected chi connectivity index (χ1v) is 7.20. The summed E-state index contributed by atoms with van der Waals surface area (Å²) in [4.78, 5) is 0. The van der Waals surface area contributed by atoms with Gasteiger partial charge in [0.15, 0.2) is 0 Å². The van der Waals surface area contributed by atoms with Crippen molar-refractivity contribution in [2.45, 2.75) is 47.3 Å². The number of ether oxygens (including phenoxy) is 1. The van der Waals surface area contributed by atoms with Crippen LogP contribution in [-0.4, -0.2) is 55.8 Å². The fourth-order valence-corrected chi connectivity index (χ4v) is 1.51. The smallest absolute Gasteiger partial charge is 0.244 e. The Morgan fingerprint density at radius 1 is 0.467 bits per heavy atom. The van der Waals surface area contributed by atoms with Gasteiger partial charge in [-0.1, -0.05) is 3.89 Å². The molecule has 0 aromatic heterocycles. The van der Waals surface area contributed by atoms with Crippen molar-refractivity contribution in [3.05, 3.63) is 0 Å². The topological polar surface area (TPSA) is 43.4 Å². The lowest BCUT2D eigenvalue weighted by Crippen LogP contribution is -2.71. The van der Waals surface area contributed by atoms with Gasteiger partial charge in [0.25, 0.3) is 0 Å². The van der Waals surface area contributed by atoms with Gasteiger partial charge in [-0.15, -0.1) is 0 Å². The zero-order valence-corrected chi connectivity index (χ0v) is 13.3. The molecule has 0 aliphatic rings. The second-order valence-corrected chi connectivity index (χ2v) is 6.27. The van der Waals surface area contributed by atoms with Crippen molar-refractivity contribution in [1.82, 2.24) is 0 Å². The van der Waals surface area contributed by atoms with Crippen molar-refractivity contribution in [2.24, 2.45) is 0 Å². The third kappa shape index (κ3) is 3.83. The quantitative estimate of drug-likeness (QED) is 0.329. The van der Waals surface area contributed by atoms with Gasteiger partial charge in [0.1, 0.15) is 0 Å². The van der Waals surface area contributed by atoms with E-state index in [1.165, 1.54) is 0 Å². The fourth-order valence-electron chi connectivity index (χ4n) is 1.18. The van der Waals surface area contributed by atoms with Crippen molar-refractivity contribution in [1.29, 1.82) is 0 Å². The highest BCUT2D eigenvalue weighted by molar-refractivity contribution is 7.87. The molecule has 0 spiro atoms. The molecule has 182 valence electrons. The fraction of sp³-hybridized carbons (Fsp3) is 1.00. The van der Waals surface area contributed by atoms with Crippen molar-refractivity contribution in [3.63, 3.8) is 0 Å². The van der Waals surface area contributed by atoms with E-state index < -0.39 is 57.6 Å². The lowest BCUT2D eigenvalue weighted by atomic mass is 9.97. The summed E-state index contributed by atoms with van der Waals surface area (Å²) in [6, 6.07) is 0. The second kappa shape index (κ2) is 6.82. The first kappa shape index (κ1) is 28.6. The van der Waals surface area contributed by atoms with Crippen LogP contribution in [0.3, 0.4) is 0 Å². The minimum absolute atomic E-state index is 1.04. The Kier molecular flexibility index (Phi) is 6.52. The molecule has 0 saturated carbocycles. The summed E-state index contributed by atoms with van der Waals surface area (Å²) >= 11 is 0. The van der Waals surface area contributed by atoms with Crippen LogP contribution in [0.1, 0.15) is 0 Å². The van der Waals surface area contributed by atoms with E-state index in [0.717, 1.165) is 4.74 Å². The summed E-state index contributed by atoms with van der Waals surface area (Å²) in [6.07, 6.45) is -23.9. The zero-order chi connectivity index (χ0) is 25.2. The molecular weight excluding hydrogens is 518 g/mol. The van der Waals surface area contributed by atoms with Crippen LogP contribution < -0.4 is 0 Å². The molecular formula is C8F18O3S. The van der Waals surface area contributed by atoms with Crippen LogP contribution in [0.2, 0.25) is 0 Å². The van der Waals surface area contributed by atoms with Crippen LogP contribution in [0.15, 0.2) is 0 Å². The summed E-state index contributed by atoms with van der Waals surface area (Å²) in [7, 11) is -8.08. The molecule has 0 heterocycles. The Morgan fingerprint density at radius 2 is 0.767 bits per heavy atom. The minimum Gasteiger partial charge on any atom is -0.244 e. The van der Waals surface area contributed by atoms with Crippen LogP contribution in [0.5, 0.6) is 0 Å². The number of hydrogen-bond donors (Lipinski definition) is 0. The summed E-state index contributed by atoms with van der Waals surface area (Å²) in [5, 5.41) is -7.59. The number of rotatable bonds is 8. The molecule has 0 radical (unpaired) electrons. The first-order valence-electron chi connectivity index (χ1n) is 5.81. The molecule has 0 N–H and O–H groups in total. The maximum Gasteiger partial charge on any atom is 0.464 e. The molecule has 30 heavy (non-hydrogen) atoms. The van der Waals surface area contributed by atoms with E-state index in [-0.39, 0.29) is 0 Å². The van der Waals surface area contributed by atoms with E-state index in [1.807, 2.05) is 0 Å². The second-order valence-electron chi connectivity index (χ2n) is 4.89. The van der Waals surface area contributed by atoms with E-state index in [0.29, 0.717) is 0 Å². The monoisotopic (exact) mass is 518 g/mol. The lowest BCUT2D eigenvalue weighted by Gasteiger charge is -2.40. The van der Waals surface area contributed by atoms with Crippen LogP contribution in [-0.2, 0) is 15.0 Å². The van der Waals surface area contributed by atoms with Crippen LogP contribution in [0, 0.1) is 0 Å². The molecule has 0 amide bonds. The summed E-state index contributed by atoms with van der Waals surface area (Å²) < 4.78 is 246. The standard InChI is InChI=1S/C8F18O3S/c9-1(10,3(13,14)5(17,18)19)2(11,12)4(15,16)6(20,21)29-7(22,23)8(24,25)30(26,27)28. The Morgan fingerprint density at radius 3 is 1.03 bits per heavy atom. The molecule has 0 aromatic rings. The summed E-state index contributed by atoms with van der Waals surface area (Å²) in [5.41, 5.74) is 0. The maximum absolute atomic E-state index is 13.0. The highest BCUT2D eigenvalue weighted by atomic mass is 32.3. The van der Waals surface area contributed by atoms with Crippen molar-refractivity contribution >= 4 is 10.2 Å². The largest absolute Gasteiger partial charge is 0.464 e. The van der Waals surface area contributed by atoms with E-state index in [9.17, 15) is 86.9 Å². The van der Waals surface area contributed by atoms with E-state index in [1.54, 1.807) is 0 Å². The average Bonchev–Trinajstić information content (AvgIpc) is 2.42. The molecule has 0 unspecified atom stereocenters. The van der Waals surface area contributed by atoms with Gasteiger partial charge < -0.3 is 0 Å². The van der Waals surface area contributed by atoms with Crippen molar-refractivity contribution < 1.29 is 91.7 Å². The molecule has 0 aromatic carbocycles. The highest BCUT2D eigenvalue weighted by Crippen LogP contribution is 2.61. The average molecular weight is 518 g/mol. The molecule has 0 fully saturated rings. The molecule has 3 nitrogen and oxygen atoms in total. The van der Waals surface area contributed by atoms with E-state index in [4.69, 9.17) is 0 Å². The third-order valence-electron chi connectivity index (χ3n) is 2.81. The number of halogens is 18. The Balaban J connectivity index is 6.53. The molecule has 0 aliphatic carbocycles. The van der Waals surface area contributed by atoms with Gasteiger partial charge >= 0.3 is 57.6 Å². The molecule has 0 bridgehead atoms. The molecule has 0 atom stereocenters. The Hall–Kier alpha value is -1.35. The van der Waals surface area contributed by atoms with Gasteiger partial charge in [0, 0.05) is 0 Å². The van der Waals surface area contributed by atoms with Crippen molar-refractivity contribution in [2.75, 3.05) is 0 Å². The van der Waals surface area contributed by atoms with Gasteiger partial charge in [-0.25, -0.2) is 4.74 Å². The van der Waals surface area contributed by atoms with Gasteiger partial charge in [-0.2, -0.15) is 83.1 Å². The zero-order valence-electron chi connectivity index (χ0n) is 12.4. The predicted octanol–water partition coefficient (Wildman–Crippen LogP) is 5.18. The highest BCUT2D eigenvalue weighted by Gasteiger charge is 2.92. The minimum atomic E-state index is -8.69. The summed E-state index contributed by atoms with van der Waals surface area (Å²) in [6.45, 7) is 0. The normalized spacial score (nSPS) is 16.7. The predicted molar refractivity (Wildman–Crippen MR) is 51.8 cm³/mol. The van der Waals surface area contributed by atoms with Gasteiger partial charge in [0.2, 0.25) is 0 Å². The van der Waals surface area contributed by atoms with Gasteiger partial charge in [-0.05, 0) is 0 Å². The lowest BCUT2D eigenvalue weighted by molar-refractivity contribution is -0.502. The van der Waals surface area contributed by atoms with Crippen LogP contribution in [0.25, 0.3) is 0 Å². The number of alkyl halides is 17. The van der Waals surface area contributed by atoms with Crippen LogP contribution >= 0.6 is 0 Å². The molecule has 0 saturated heterocycles. The Labute approximate surface area is 150 Å². The third-order valence-corrected chi connectivity index (χ3v) is 3.66. The first-order chi connectivity index (χ1) is 12.5. The SMILES string of the molecule is O=S(=O)(F)C(F)(F)C(F)(F)OC(F)(F)C(F)(F)C(F)(F)C(F)(F)C(F)(F)C(F)(F)F. The van der Waals surface area contributed by atoms with Gasteiger partial charge in [-0.3, -0.25) is 0 Å². The Bertz CT molecular complexity index is 748. The van der Waals surface area contributed by atoms with Gasteiger partial charge in [0.05, 0.1) is 0 Å². The van der Waals surface area contributed by atoms with E-state index in [2.05, 4.69) is 0 Å². The molecule has 0 aliphatic heterocycles. The maximum atomic E-state index is 13.0. The van der Waals surface area contributed by atoms with E-state index >= 15 is 0 Å². The molecule has 22 heteroatoms.